The summed E-state index contributed by atoms with van der Waals surface area (Å²) in [5.74, 6) is 0. The first-order valence-electron chi connectivity index (χ1n) is 5.62. The van der Waals surface area contributed by atoms with Gasteiger partial charge in [-0.15, -0.1) is 0 Å². The number of allylic oxidation sites excluding steroid dienone is 3. The van der Waals surface area contributed by atoms with Gasteiger partial charge in [-0.05, 0) is 36.7 Å². The summed E-state index contributed by atoms with van der Waals surface area (Å²) in [4.78, 5) is 0. The van der Waals surface area contributed by atoms with Crippen molar-refractivity contribution in [1.82, 2.24) is 0 Å². The Morgan fingerprint density at radius 1 is 1.31 bits per heavy atom. The highest BCUT2D eigenvalue weighted by Gasteiger charge is 2.33. The molecule has 0 aromatic heterocycles. The van der Waals surface area contributed by atoms with E-state index < -0.39 is 0 Å². The third kappa shape index (κ3) is 2.04. The van der Waals surface area contributed by atoms with Gasteiger partial charge in [0.1, 0.15) is 0 Å². The maximum Gasteiger partial charge on any atom is -0.00529 e. The van der Waals surface area contributed by atoms with Gasteiger partial charge in [-0.1, -0.05) is 45.4 Å². The van der Waals surface area contributed by atoms with Crippen molar-refractivity contribution in [2.45, 2.75) is 52.4 Å². The zero-order chi connectivity index (χ0) is 9.73. The highest BCUT2D eigenvalue weighted by molar-refractivity contribution is 5.26. The third-order valence-corrected chi connectivity index (χ3v) is 3.49. The van der Waals surface area contributed by atoms with Crippen LogP contribution in [0.3, 0.4) is 0 Å². The predicted octanol–water partition coefficient (Wildman–Crippen LogP) is 4.48. The highest BCUT2D eigenvalue weighted by atomic mass is 14.4. The fraction of sp³-hybridized carbons (Fsp3) is 0.692. The Labute approximate surface area is 82.7 Å². The summed E-state index contributed by atoms with van der Waals surface area (Å²) in [7, 11) is 0. The van der Waals surface area contributed by atoms with Gasteiger partial charge in [-0.3, -0.25) is 0 Å². The van der Waals surface area contributed by atoms with Crippen LogP contribution in [0.1, 0.15) is 52.4 Å². The number of hydrogen-bond donors (Lipinski definition) is 0. The van der Waals surface area contributed by atoms with E-state index in [1.807, 2.05) is 0 Å². The van der Waals surface area contributed by atoms with E-state index >= 15 is 0 Å². The van der Waals surface area contributed by atoms with Crippen molar-refractivity contribution in [1.29, 1.82) is 0 Å². The van der Waals surface area contributed by atoms with Crippen LogP contribution in [-0.2, 0) is 0 Å². The minimum Gasteiger partial charge on any atom is -0.0988 e. The lowest BCUT2D eigenvalue weighted by Gasteiger charge is -2.29. The Morgan fingerprint density at radius 3 is 2.31 bits per heavy atom. The average Bonchev–Trinajstić information content (AvgIpc) is 2.63. The van der Waals surface area contributed by atoms with Gasteiger partial charge in [0, 0.05) is 0 Å². The summed E-state index contributed by atoms with van der Waals surface area (Å²) >= 11 is 0. The molecule has 0 heterocycles. The Morgan fingerprint density at radius 2 is 1.92 bits per heavy atom. The zero-order valence-electron chi connectivity index (χ0n) is 9.10. The van der Waals surface area contributed by atoms with Gasteiger partial charge in [0.05, 0.1) is 0 Å². The molecule has 13 heavy (non-hydrogen) atoms. The normalized spacial score (nSPS) is 21.8. The molecule has 0 bridgehead atoms. The van der Waals surface area contributed by atoms with E-state index in [2.05, 4.69) is 32.6 Å². The first kappa shape index (κ1) is 10.6. The molecule has 0 saturated heterocycles. The van der Waals surface area contributed by atoms with Crippen molar-refractivity contribution >= 4 is 0 Å². The molecule has 0 aromatic carbocycles. The average molecular weight is 178 g/mol. The summed E-state index contributed by atoms with van der Waals surface area (Å²) in [6.07, 6.45) is 12.4. The second-order valence-corrected chi connectivity index (χ2v) is 4.11. The first-order valence-corrected chi connectivity index (χ1v) is 5.62. The minimum absolute atomic E-state index is 0.498. The summed E-state index contributed by atoms with van der Waals surface area (Å²) in [6, 6.07) is 0. The van der Waals surface area contributed by atoms with Crippen LogP contribution < -0.4 is 0 Å². The van der Waals surface area contributed by atoms with E-state index in [1.54, 1.807) is 0 Å². The van der Waals surface area contributed by atoms with Gasteiger partial charge in [-0.25, -0.2) is 0 Å². The lowest BCUT2D eigenvalue weighted by atomic mass is 9.76. The van der Waals surface area contributed by atoms with E-state index in [9.17, 15) is 0 Å². The third-order valence-electron chi connectivity index (χ3n) is 3.49. The Kier molecular flexibility index (Phi) is 3.77. The number of hydrogen-bond acceptors (Lipinski definition) is 0. The Bertz CT molecular complexity index is 192. The van der Waals surface area contributed by atoms with Crippen molar-refractivity contribution < 1.29 is 0 Å². The second kappa shape index (κ2) is 4.64. The lowest BCUT2D eigenvalue weighted by molar-refractivity contribution is 0.361. The molecule has 0 N–H and O–H groups in total. The monoisotopic (exact) mass is 178 g/mol. The molecule has 74 valence electrons. The molecule has 1 aliphatic carbocycles. The maximum absolute atomic E-state index is 3.95. The second-order valence-electron chi connectivity index (χ2n) is 4.11. The highest BCUT2D eigenvalue weighted by Crippen LogP contribution is 2.47. The van der Waals surface area contributed by atoms with Gasteiger partial charge in [0.25, 0.3) is 0 Å². The van der Waals surface area contributed by atoms with Gasteiger partial charge >= 0.3 is 0 Å². The molecular formula is C13H22. The van der Waals surface area contributed by atoms with Crippen LogP contribution in [-0.4, -0.2) is 0 Å². The smallest absolute Gasteiger partial charge is 0.00529 e. The van der Waals surface area contributed by atoms with Crippen LogP contribution in [0.25, 0.3) is 0 Å². The molecule has 1 fully saturated rings. The quantitative estimate of drug-likeness (QED) is 0.557. The number of rotatable bonds is 4. The van der Waals surface area contributed by atoms with E-state index in [0.29, 0.717) is 5.41 Å². The molecule has 0 aromatic rings. The van der Waals surface area contributed by atoms with Crippen LogP contribution in [0.2, 0.25) is 0 Å². The van der Waals surface area contributed by atoms with Crippen molar-refractivity contribution in [3.8, 4) is 0 Å². The van der Waals surface area contributed by atoms with E-state index in [1.165, 1.54) is 37.7 Å². The molecule has 0 heteroatoms. The standard InChI is InChI=1S/C13H22/c1-4-9-12(5-2)13(6-3)10-7-8-11-13/h5,9H,2,4,6-8,10-11H2,1,3H3/b12-9+. The summed E-state index contributed by atoms with van der Waals surface area (Å²) in [6.45, 7) is 8.48. The van der Waals surface area contributed by atoms with Gasteiger partial charge in [0.2, 0.25) is 0 Å². The first-order chi connectivity index (χ1) is 6.29. The maximum atomic E-state index is 3.95. The van der Waals surface area contributed by atoms with Crippen molar-refractivity contribution in [3.05, 3.63) is 24.3 Å². The molecular weight excluding hydrogens is 156 g/mol. The molecule has 0 atom stereocenters. The Balaban J connectivity index is 2.84. The van der Waals surface area contributed by atoms with Crippen LogP contribution >= 0.6 is 0 Å². The molecule has 0 amide bonds. The largest absolute Gasteiger partial charge is 0.0988 e. The van der Waals surface area contributed by atoms with Crippen molar-refractivity contribution in [3.63, 3.8) is 0 Å². The van der Waals surface area contributed by atoms with E-state index in [-0.39, 0.29) is 0 Å². The summed E-state index contributed by atoms with van der Waals surface area (Å²) in [5.41, 5.74) is 2.01. The van der Waals surface area contributed by atoms with Crippen LogP contribution in [0.5, 0.6) is 0 Å². The fourth-order valence-corrected chi connectivity index (χ4v) is 2.63. The van der Waals surface area contributed by atoms with Crippen LogP contribution in [0.15, 0.2) is 24.3 Å². The molecule has 0 radical (unpaired) electrons. The minimum atomic E-state index is 0.498. The lowest BCUT2D eigenvalue weighted by Crippen LogP contribution is -2.17. The molecule has 1 aliphatic rings. The van der Waals surface area contributed by atoms with Gasteiger partial charge < -0.3 is 0 Å². The van der Waals surface area contributed by atoms with Crippen LogP contribution in [0, 0.1) is 5.41 Å². The molecule has 1 saturated carbocycles. The Hall–Kier alpha value is -0.520. The molecule has 0 aliphatic heterocycles. The summed E-state index contributed by atoms with van der Waals surface area (Å²) < 4.78 is 0. The zero-order valence-corrected chi connectivity index (χ0v) is 9.10. The van der Waals surface area contributed by atoms with Crippen molar-refractivity contribution in [2.75, 3.05) is 0 Å². The van der Waals surface area contributed by atoms with Crippen LogP contribution in [0.4, 0.5) is 0 Å². The SMILES string of the molecule is C=C/C(=C\CC)C1(CC)CCCC1. The van der Waals surface area contributed by atoms with E-state index in [4.69, 9.17) is 0 Å². The van der Waals surface area contributed by atoms with E-state index in [0.717, 1.165) is 6.42 Å². The summed E-state index contributed by atoms with van der Waals surface area (Å²) in [5, 5.41) is 0. The topological polar surface area (TPSA) is 0 Å². The molecule has 1 rings (SSSR count). The van der Waals surface area contributed by atoms with Crippen molar-refractivity contribution in [2.24, 2.45) is 5.41 Å². The predicted molar refractivity (Wildman–Crippen MR) is 59.8 cm³/mol. The molecule has 0 nitrogen and oxygen atoms in total. The fourth-order valence-electron chi connectivity index (χ4n) is 2.63. The van der Waals surface area contributed by atoms with Gasteiger partial charge in [0.15, 0.2) is 0 Å². The molecule has 0 spiro atoms. The molecule has 0 unspecified atom stereocenters. The van der Waals surface area contributed by atoms with Gasteiger partial charge in [-0.2, -0.15) is 0 Å².